The largest absolute Gasteiger partial charge is 0.495 e. The van der Waals surface area contributed by atoms with Crippen molar-refractivity contribution in [2.45, 2.75) is 0 Å². The van der Waals surface area contributed by atoms with Gasteiger partial charge in [-0.05, 0) is 49.4 Å². The van der Waals surface area contributed by atoms with Gasteiger partial charge in [0.2, 0.25) is 0 Å². The van der Waals surface area contributed by atoms with Gasteiger partial charge in [0.05, 0.1) is 28.9 Å². The molecule has 2 heterocycles. The average molecular weight is 381 g/mol. The van der Waals surface area contributed by atoms with E-state index in [2.05, 4.69) is 39.9 Å². The number of ether oxygens (including phenoxy) is 1. The number of likely N-dealkylation sites (N-methyl/N-ethyl adjacent to an activating group) is 1. The number of rotatable bonds is 3. The minimum atomic E-state index is 0.537. The lowest BCUT2D eigenvalue weighted by Crippen LogP contribution is -2.44. The fraction of sp³-hybridized carbons (Fsp3) is 0.286. The second-order valence-electron chi connectivity index (χ2n) is 6.70. The topological polar surface area (TPSA) is 33.5 Å². The Morgan fingerprint density at radius 2 is 1.81 bits per heavy atom. The molecule has 0 bridgehead atoms. The van der Waals surface area contributed by atoms with Crippen molar-refractivity contribution in [2.75, 3.05) is 45.2 Å². The van der Waals surface area contributed by atoms with Crippen LogP contribution in [0.15, 0.2) is 36.4 Å². The summed E-state index contributed by atoms with van der Waals surface area (Å²) >= 11 is 6.34. The first kappa shape index (κ1) is 17.7. The second-order valence-corrected chi connectivity index (χ2v) is 7.10. The van der Waals surface area contributed by atoms with E-state index in [-0.39, 0.29) is 0 Å². The van der Waals surface area contributed by atoms with E-state index in [1.165, 1.54) is 5.69 Å². The summed E-state index contributed by atoms with van der Waals surface area (Å²) in [4.78, 5) is 9.34. The zero-order valence-corrected chi connectivity index (χ0v) is 16.2. The molecule has 0 aliphatic carbocycles. The Hall–Kier alpha value is -2.68. The first-order chi connectivity index (χ1) is 13.1. The molecule has 4 rings (SSSR count). The standard InChI is InChI=1S/C21H21ClN4O/c1-4-21-23-18-7-5-15(25-11-9-24(2)10-12-25)14-19(18)26(21)16-6-8-20(27-3)17(22)13-16/h1,5-8,13-14H,9-12H2,2-3H3. The average Bonchev–Trinajstić information content (AvgIpc) is 3.06. The van der Waals surface area contributed by atoms with Crippen molar-refractivity contribution in [3.05, 3.63) is 47.2 Å². The van der Waals surface area contributed by atoms with Crippen molar-refractivity contribution in [1.29, 1.82) is 0 Å². The van der Waals surface area contributed by atoms with Gasteiger partial charge < -0.3 is 14.5 Å². The summed E-state index contributed by atoms with van der Waals surface area (Å²) < 4.78 is 7.23. The highest BCUT2D eigenvalue weighted by atomic mass is 35.5. The van der Waals surface area contributed by atoms with Crippen LogP contribution < -0.4 is 9.64 Å². The number of nitrogens with zero attached hydrogens (tertiary/aromatic N) is 4. The van der Waals surface area contributed by atoms with E-state index >= 15 is 0 Å². The Labute approximate surface area is 164 Å². The Morgan fingerprint density at radius 1 is 1.07 bits per heavy atom. The number of imidazole rings is 1. The molecule has 0 unspecified atom stereocenters. The molecule has 3 aromatic rings. The summed E-state index contributed by atoms with van der Waals surface area (Å²) in [5.41, 5.74) is 3.89. The van der Waals surface area contributed by atoms with E-state index in [0.29, 0.717) is 16.6 Å². The summed E-state index contributed by atoms with van der Waals surface area (Å²) in [6.45, 7) is 4.13. The molecule has 0 saturated carbocycles. The number of anilines is 1. The lowest BCUT2D eigenvalue weighted by Gasteiger charge is -2.34. The Kier molecular flexibility index (Phi) is 4.69. The van der Waals surface area contributed by atoms with Gasteiger partial charge in [0, 0.05) is 31.9 Å². The molecule has 1 aliphatic heterocycles. The Bertz CT molecular complexity index is 1030. The molecule has 0 spiro atoms. The van der Waals surface area contributed by atoms with Crippen LogP contribution in [0.2, 0.25) is 5.02 Å². The molecule has 1 fully saturated rings. The Morgan fingerprint density at radius 3 is 2.48 bits per heavy atom. The van der Waals surface area contributed by atoms with Gasteiger partial charge in [0.1, 0.15) is 5.75 Å². The van der Waals surface area contributed by atoms with Crippen molar-refractivity contribution in [3.63, 3.8) is 0 Å². The number of aromatic nitrogens is 2. The fourth-order valence-corrected chi connectivity index (χ4v) is 3.73. The molecule has 0 radical (unpaired) electrons. The van der Waals surface area contributed by atoms with E-state index < -0.39 is 0 Å². The van der Waals surface area contributed by atoms with Gasteiger partial charge in [-0.25, -0.2) is 4.98 Å². The fourth-order valence-electron chi connectivity index (χ4n) is 3.48. The van der Waals surface area contributed by atoms with Crippen molar-refractivity contribution < 1.29 is 4.74 Å². The number of terminal acetylenes is 1. The van der Waals surface area contributed by atoms with E-state index in [0.717, 1.165) is 42.9 Å². The van der Waals surface area contributed by atoms with Gasteiger partial charge in [-0.3, -0.25) is 4.57 Å². The maximum atomic E-state index is 6.34. The summed E-state index contributed by atoms with van der Waals surface area (Å²) in [5.74, 6) is 3.88. The van der Waals surface area contributed by atoms with Crippen LogP contribution in [0.3, 0.4) is 0 Å². The minimum Gasteiger partial charge on any atom is -0.495 e. The zero-order valence-electron chi connectivity index (χ0n) is 15.4. The molecule has 5 nitrogen and oxygen atoms in total. The second kappa shape index (κ2) is 7.15. The molecular formula is C21H21ClN4O. The molecule has 138 valence electrons. The number of piperazine rings is 1. The predicted molar refractivity (Wildman–Crippen MR) is 110 cm³/mol. The van der Waals surface area contributed by atoms with Gasteiger partial charge in [0.25, 0.3) is 0 Å². The lowest BCUT2D eigenvalue weighted by molar-refractivity contribution is 0.313. The van der Waals surface area contributed by atoms with Crippen LogP contribution in [0.4, 0.5) is 5.69 Å². The van der Waals surface area contributed by atoms with Gasteiger partial charge in [0.15, 0.2) is 5.82 Å². The first-order valence-corrected chi connectivity index (χ1v) is 9.25. The summed E-state index contributed by atoms with van der Waals surface area (Å²) in [7, 11) is 3.75. The zero-order chi connectivity index (χ0) is 19.0. The van der Waals surface area contributed by atoms with Crippen LogP contribution in [-0.4, -0.2) is 54.8 Å². The van der Waals surface area contributed by atoms with Gasteiger partial charge >= 0.3 is 0 Å². The molecule has 2 aromatic carbocycles. The van der Waals surface area contributed by atoms with Crippen LogP contribution in [0, 0.1) is 12.3 Å². The SMILES string of the molecule is C#Cc1nc2ccc(N3CCN(C)CC3)cc2n1-c1ccc(OC)c(Cl)c1. The monoisotopic (exact) mass is 380 g/mol. The molecular weight excluding hydrogens is 360 g/mol. The maximum Gasteiger partial charge on any atom is 0.190 e. The van der Waals surface area contributed by atoms with E-state index in [1.807, 2.05) is 28.8 Å². The quantitative estimate of drug-likeness (QED) is 0.652. The third kappa shape index (κ3) is 3.23. The minimum absolute atomic E-state index is 0.537. The number of hydrogen-bond acceptors (Lipinski definition) is 4. The molecule has 27 heavy (non-hydrogen) atoms. The highest BCUT2D eigenvalue weighted by Crippen LogP contribution is 2.31. The van der Waals surface area contributed by atoms with Crippen LogP contribution in [0.5, 0.6) is 5.75 Å². The molecule has 1 aromatic heterocycles. The smallest absolute Gasteiger partial charge is 0.190 e. The number of halogens is 1. The van der Waals surface area contributed by atoms with Crippen LogP contribution in [-0.2, 0) is 0 Å². The predicted octanol–water partition coefficient (Wildman–Crippen LogP) is 3.42. The van der Waals surface area contributed by atoms with Crippen LogP contribution in [0.25, 0.3) is 16.7 Å². The van der Waals surface area contributed by atoms with Crippen LogP contribution >= 0.6 is 11.6 Å². The molecule has 1 aliphatic rings. The number of methoxy groups -OCH3 is 1. The van der Waals surface area contributed by atoms with Crippen molar-refractivity contribution in [3.8, 4) is 23.8 Å². The van der Waals surface area contributed by atoms with E-state index in [4.69, 9.17) is 22.8 Å². The van der Waals surface area contributed by atoms with Crippen molar-refractivity contribution in [1.82, 2.24) is 14.5 Å². The number of fused-ring (bicyclic) bond motifs is 1. The highest BCUT2D eigenvalue weighted by molar-refractivity contribution is 6.32. The van der Waals surface area contributed by atoms with Crippen molar-refractivity contribution in [2.24, 2.45) is 0 Å². The first-order valence-electron chi connectivity index (χ1n) is 8.87. The summed E-state index contributed by atoms with van der Waals surface area (Å²) in [6.07, 6.45) is 5.74. The number of hydrogen-bond donors (Lipinski definition) is 0. The lowest BCUT2D eigenvalue weighted by atomic mass is 10.2. The molecule has 1 saturated heterocycles. The molecule has 6 heteroatoms. The van der Waals surface area contributed by atoms with Crippen LogP contribution in [0.1, 0.15) is 5.82 Å². The van der Waals surface area contributed by atoms with E-state index in [1.54, 1.807) is 7.11 Å². The van der Waals surface area contributed by atoms with Crippen molar-refractivity contribution >= 4 is 28.3 Å². The van der Waals surface area contributed by atoms with Gasteiger partial charge in [-0.2, -0.15) is 0 Å². The van der Waals surface area contributed by atoms with Gasteiger partial charge in [-0.1, -0.05) is 11.6 Å². The molecule has 0 amide bonds. The third-order valence-electron chi connectivity index (χ3n) is 5.03. The summed E-state index contributed by atoms with van der Waals surface area (Å²) in [6, 6.07) is 11.9. The number of benzene rings is 2. The van der Waals surface area contributed by atoms with E-state index in [9.17, 15) is 0 Å². The third-order valence-corrected chi connectivity index (χ3v) is 5.32. The summed E-state index contributed by atoms with van der Waals surface area (Å²) in [5, 5.41) is 0.537. The maximum absolute atomic E-state index is 6.34. The highest BCUT2D eigenvalue weighted by Gasteiger charge is 2.17. The molecule has 0 N–H and O–H groups in total. The van der Waals surface area contributed by atoms with Gasteiger partial charge in [-0.15, -0.1) is 6.42 Å². The molecule has 0 atom stereocenters. The normalized spacial score (nSPS) is 15.1. The Balaban J connectivity index is 1.82.